The van der Waals surface area contributed by atoms with Crippen molar-refractivity contribution in [3.63, 3.8) is 0 Å². The maximum Gasteiger partial charge on any atom is 0.252 e. The Bertz CT molecular complexity index is 772. The molecule has 0 aromatic carbocycles. The van der Waals surface area contributed by atoms with Crippen LogP contribution in [0.1, 0.15) is 10.4 Å². The number of nitrogens with one attached hydrogen (secondary N) is 1. The fraction of sp³-hybridized carbons (Fsp3) is 0.476. The largest absolute Gasteiger partial charge is 0.379 e. The lowest BCUT2D eigenvalue weighted by Crippen LogP contribution is -2.47. The second-order valence-electron chi connectivity index (χ2n) is 7.28. The molecule has 29 heavy (non-hydrogen) atoms. The molecule has 2 aromatic rings. The van der Waals surface area contributed by atoms with Gasteiger partial charge in [0, 0.05) is 64.8 Å². The molecule has 0 spiro atoms. The summed E-state index contributed by atoms with van der Waals surface area (Å²) in [6.07, 6.45) is 3.50. The van der Waals surface area contributed by atoms with Gasteiger partial charge in [-0.1, -0.05) is 6.07 Å². The number of carbonyl (C=O) groups excluding carboxylic acids is 1. The van der Waals surface area contributed by atoms with E-state index in [-0.39, 0.29) is 5.91 Å². The van der Waals surface area contributed by atoms with Gasteiger partial charge in [-0.15, -0.1) is 0 Å². The normalized spacial score (nSPS) is 17.9. The molecule has 2 aliphatic rings. The molecule has 8 nitrogen and oxygen atoms in total. The molecule has 4 rings (SSSR count). The second-order valence-corrected chi connectivity index (χ2v) is 7.28. The summed E-state index contributed by atoms with van der Waals surface area (Å²) in [5.74, 6) is 1.86. The van der Waals surface area contributed by atoms with Crippen LogP contribution in [0.3, 0.4) is 0 Å². The average molecular weight is 396 g/mol. The molecule has 0 aliphatic carbocycles. The number of anilines is 2. The van der Waals surface area contributed by atoms with Crippen molar-refractivity contribution < 1.29 is 9.53 Å². The van der Waals surface area contributed by atoms with E-state index in [4.69, 9.17) is 4.74 Å². The topological polar surface area (TPSA) is 73.8 Å². The van der Waals surface area contributed by atoms with Gasteiger partial charge in [0.05, 0.1) is 18.8 Å². The van der Waals surface area contributed by atoms with Crippen LogP contribution in [0.2, 0.25) is 0 Å². The molecule has 154 valence electrons. The lowest BCUT2D eigenvalue weighted by atomic mass is 10.2. The second kappa shape index (κ2) is 9.67. The van der Waals surface area contributed by atoms with Gasteiger partial charge in [-0.05, 0) is 24.3 Å². The van der Waals surface area contributed by atoms with Crippen molar-refractivity contribution in [1.29, 1.82) is 0 Å². The van der Waals surface area contributed by atoms with E-state index in [0.29, 0.717) is 12.1 Å². The highest BCUT2D eigenvalue weighted by molar-refractivity contribution is 5.94. The lowest BCUT2D eigenvalue weighted by Gasteiger charge is -2.36. The van der Waals surface area contributed by atoms with Crippen molar-refractivity contribution >= 4 is 17.5 Å². The Morgan fingerprint density at radius 3 is 2.28 bits per heavy atom. The third-order valence-electron chi connectivity index (χ3n) is 5.40. The zero-order valence-electron chi connectivity index (χ0n) is 16.7. The third kappa shape index (κ3) is 5.21. The first-order valence-electron chi connectivity index (χ1n) is 10.2. The van der Waals surface area contributed by atoms with Gasteiger partial charge in [-0.25, -0.2) is 9.97 Å². The molecular formula is C21H28N6O2. The van der Waals surface area contributed by atoms with Gasteiger partial charge >= 0.3 is 0 Å². The molecule has 4 heterocycles. The number of nitrogens with zero attached hydrogens (tertiary/aromatic N) is 5. The van der Waals surface area contributed by atoms with Gasteiger partial charge in [-0.2, -0.15) is 0 Å². The Morgan fingerprint density at radius 2 is 1.66 bits per heavy atom. The number of piperazine rings is 1. The van der Waals surface area contributed by atoms with E-state index in [9.17, 15) is 4.79 Å². The fourth-order valence-electron chi connectivity index (χ4n) is 3.67. The number of amides is 1. The highest BCUT2D eigenvalue weighted by Gasteiger charge is 2.19. The fourth-order valence-corrected chi connectivity index (χ4v) is 3.67. The minimum atomic E-state index is -0.0720. The predicted molar refractivity (Wildman–Crippen MR) is 112 cm³/mol. The first kappa shape index (κ1) is 19.6. The Hall–Kier alpha value is -2.71. The summed E-state index contributed by atoms with van der Waals surface area (Å²) < 4.78 is 5.34. The van der Waals surface area contributed by atoms with Gasteiger partial charge in [0.25, 0.3) is 5.91 Å². The Labute approximate surface area is 171 Å². The summed E-state index contributed by atoms with van der Waals surface area (Å²) in [5.41, 5.74) is 0.600. The first-order valence-corrected chi connectivity index (χ1v) is 10.2. The van der Waals surface area contributed by atoms with Crippen LogP contribution in [-0.2, 0) is 4.74 Å². The quantitative estimate of drug-likeness (QED) is 0.777. The average Bonchev–Trinajstić information content (AvgIpc) is 2.80. The number of hydrogen-bond donors (Lipinski definition) is 1. The van der Waals surface area contributed by atoms with Crippen molar-refractivity contribution in [2.75, 3.05) is 75.4 Å². The molecule has 0 unspecified atom stereocenters. The lowest BCUT2D eigenvalue weighted by molar-refractivity contribution is 0.0383. The SMILES string of the molecule is O=C(NCCN1CCOCC1)c1ccc(N2CCN(c3ccccn3)CC2)nc1. The van der Waals surface area contributed by atoms with E-state index < -0.39 is 0 Å². The maximum atomic E-state index is 12.4. The molecule has 2 aliphatic heterocycles. The van der Waals surface area contributed by atoms with Crippen molar-refractivity contribution in [2.24, 2.45) is 0 Å². The molecule has 2 aromatic heterocycles. The summed E-state index contributed by atoms with van der Waals surface area (Å²) in [7, 11) is 0. The highest BCUT2D eigenvalue weighted by atomic mass is 16.5. The summed E-state index contributed by atoms with van der Waals surface area (Å²) >= 11 is 0. The van der Waals surface area contributed by atoms with E-state index in [1.54, 1.807) is 6.20 Å². The van der Waals surface area contributed by atoms with E-state index in [1.165, 1.54) is 0 Å². The predicted octanol–water partition coefficient (Wildman–Crippen LogP) is 0.865. The van der Waals surface area contributed by atoms with E-state index in [0.717, 1.165) is 70.7 Å². The molecule has 1 N–H and O–H groups in total. The molecule has 2 fully saturated rings. The van der Waals surface area contributed by atoms with Crippen LogP contribution in [0.4, 0.5) is 11.6 Å². The van der Waals surface area contributed by atoms with Gasteiger partial charge in [0.1, 0.15) is 11.6 Å². The van der Waals surface area contributed by atoms with Crippen LogP contribution in [0, 0.1) is 0 Å². The number of pyridine rings is 2. The molecule has 0 saturated carbocycles. The van der Waals surface area contributed by atoms with Gasteiger partial charge in [0.15, 0.2) is 0 Å². The van der Waals surface area contributed by atoms with Crippen LogP contribution >= 0.6 is 0 Å². The summed E-state index contributed by atoms with van der Waals surface area (Å²) in [6, 6.07) is 9.79. The molecule has 2 saturated heterocycles. The molecule has 0 bridgehead atoms. The number of rotatable bonds is 6. The van der Waals surface area contributed by atoms with Gasteiger partial charge < -0.3 is 19.9 Å². The highest BCUT2D eigenvalue weighted by Crippen LogP contribution is 2.17. The van der Waals surface area contributed by atoms with Crippen LogP contribution in [-0.4, -0.2) is 86.3 Å². The van der Waals surface area contributed by atoms with Crippen LogP contribution in [0.25, 0.3) is 0 Å². The summed E-state index contributed by atoms with van der Waals surface area (Å²) in [4.78, 5) is 28.1. The van der Waals surface area contributed by atoms with E-state index in [2.05, 4.69) is 30.0 Å². The minimum absolute atomic E-state index is 0.0720. The third-order valence-corrected chi connectivity index (χ3v) is 5.40. The van der Waals surface area contributed by atoms with Crippen LogP contribution in [0.15, 0.2) is 42.7 Å². The molecule has 8 heteroatoms. The number of hydrogen-bond acceptors (Lipinski definition) is 7. The Kier molecular flexibility index (Phi) is 6.53. The zero-order valence-corrected chi connectivity index (χ0v) is 16.7. The van der Waals surface area contributed by atoms with E-state index >= 15 is 0 Å². The molecule has 0 radical (unpaired) electrons. The number of carbonyl (C=O) groups is 1. The molecule has 0 atom stereocenters. The van der Waals surface area contributed by atoms with Crippen molar-refractivity contribution in [3.8, 4) is 0 Å². The zero-order chi connectivity index (χ0) is 19.9. The van der Waals surface area contributed by atoms with Crippen LogP contribution in [0.5, 0.6) is 0 Å². The van der Waals surface area contributed by atoms with Gasteiger partial charge in [0.2, 0.25) is 0 Å². The summed E-state index contributed by atoms with van der Waals surface area (Å²) in [6.45, 7) is 8.47. The molecular weight excluding hydrogens is 368 g/mol. The standard InChI is InChI=1S/C21H28N6O2/c28-21(23-7-8-25-13-15-29-16-14-25)18-4-5-20(24-17-18)27-11-9-26(10-12-27)19-3-1-2-6-22-19/h1-6,17H,7-16H2,(H,23,28). The monoisotopic (exact) mass is 396 g/mol. The number of aromatic nitrogens is 2. The number of morpholine rings is 1. The Balaban J connectivity index is 1.24. The number of ether oxygens (including phenoxy) is 1. The van der Waals surface area contributed by atoms with E-state index in [1.807, 2.05) is 36.5 Å². The van der Waals surface area contributed by atoms with Crippen molar-refractivity contribution in [3.05, 3.63) is 48.3 Å². The molecule has 1 amide bonds. The Morgan fingerprint density at radius 1 is 0.931 bits per heavy atom. The maximum absolute atomic E-state index is 12.4. The van der Waals surface area contributed by atoms with Crippen molar-refractivity contribution in [1.82, 2.24) is 20.2 Å². The van der Waals surface area contributed by atoms with Crippen LogP contribution < -0.4 is 15.1 Å². The first-order chi connectivity index (χ1) is 14.3. The minimum Gasteiger partial charge on any atom is -0.379 e. The van der Waals surface area contributed by atoms with Gasteiger partial charge in [-0.3, -0.25) is 9.69 Å². The van der Waals surface area contributed by atoms with Crippen molar-refractivity contribution in [2.45, 2.75) is 0 Å². The smallest absolute Gasteiger partial charge is 0.252 e. The summed E-state index contributed by atoms with van der Waals surface area (Å²) in [5, 5.41) is 2.98.